The van der Waals surface area contributed by atoms with E-state index in [2.05, 4.69) is 15.5 Å². The first kappa shape index (κ1) is 12.6. The summed E-state index contributed by atoms with van der Waals surface area (Å²) in [6.07, 6.45) is 6.43. The molecule has 1 unspecified atom stereocenters. The number of hydrogen-bond donors (Lipinski definition) is 1. The third-order valence-electron chi connectivity index (χ3n) is 4.03. The van der Waals surface area contributed by atoms with E-state index in [0.29, 0.717) is 5.89 Å². The molecule has 1 aliphatic rings. The van der Waals surface area contributed by atoms with E-state index in [1.807, 2.05) is 24.3 Å². The maximum absolute atomic E-state index is 5.53. The zero-order valence-electron chi connectivity index (χ0n) is 11.7. The Labute approximate surface area is 122 Å². The Morgan fingerprint density at radius 3 is 3.10 bits per heavy atom. The SMILES string of the molecule is c1ccc2c(-c3nc(C4CCCCCN4)no3)coc2c1. The molecule has 3 heterocycles. The van der Waals surface area contributed by atoms with Gasteiger partial charge in [0.25, 0.3) is 5.89 Å². The standard InChI is InChI=1S/C16H17N3O2/c1-2-7-13(17-9-5-1)15-18-16(21-19-15)12-10-20-14-8-4-3-6-11(12)14/h3-4,6,8,10,13,17H,1-2,5,7,9H2. The molecule has 1 atom stereocenters. The molecule has 0 amide bonds. The van der Waals surface area contributed by atoms with Crippen LogP contribution in [0.3, 0.4) is 0 Å². The molecule has 1 saturated heterocycles. The van der Waals surface area contributed by atoms with Gasteiger partial charge in [0, 0.05) is 5.39 Å². The van der Waals surface area contributed by atoms with E-state index in [1.54, 1.807) is 6.26 Å². The fourth-order valence-corrected chi connectivity index (χ4v) is 2.88. The van der Waals surface area contributed by atoms with Crippen LogP contribution in [0.15, 0.2) is 39.5 Å². The Morgan fingerprint density at radius 1 is 1.14 bits per heavy atom. The normalized spacial score (nSPS) is 19.7. The van der Waals surface area contributed by atoms with Crippen molar-refractivity contribution in [2.45, 2.75) is 31.7 Å². The van der Waals surface area contributed by atoms with Gasteiger partial charge >= 0.3 is 0 Å². The van der Waals surface area contributed by atoms with Crippen molar-refractivity contribution < 1.29 is 8.94 Å². The van der Waals surface area contributed by atoms with Gasteiger partial charge in [-0.25, -0.2) is 0 Å². The zero-order valence-corrected chi connectivity index (χ0v) is 11.7. The second-order valence-corrected chi connectivity index (χ2v) is 5.46. The van der Waals surface area contributed by atoms with Crippen molar-refractivity contribution >= 4 is 11.0 Å². The molecular weight excluding hydrogens is 266 g/mol. The van der Waals surface area contributed by atoms with Crippen LogP contribution in [0, 0.1) is 0 Å². The molecule has 4 rings (SSSR count). The van der Waals surface area contributed by atoms with E-state index in [4.69, 9.17) is 8.94 Å². The Bertz CT molecular complexity index is 739. The van der Waals surface area contributed by atoms with Crippen molar-refractivity contribution in [3.05, 3.63) is 36.4 Å². The lowest BCUT2D eigenvalue weighted by Crippen LogP contribution is -2.21. The van der Waals surface area contributed by atoms with Gasteiger partial charge in [-0.05, 0) is 25.5 Å². The summed E-state index contributed by atoms with van der Waals surface area (Å²) in [6.45, 7) is 1.02. The lowest BCUT2D eigenvalue weighted by Gasteiger charge is -2.09. The van der Waals surface area contributed by atoms with Crippen molar-refractivity contribution in [1.82, 2.24) is 15.5 Å². The molecular formula is C16H17N3O2. The summed E-state index contributed by atoms with van der Waals surface area (Å²) in [4.78, 5) is 4.57. The second kappa shape index (κ2) is 5.33. The third kappa shape index (κ3) is 2.34. The highest BCUT2D eigenvalue weighted by Gasteiger charge is 2.21. The molecule has 0 aliphatic carbocycles. The average Bonchev–Trinajstić information content (AvgIpc) is 3.07. The van der Waals surface area contributed by atoms with Crippen LogP contribution in [-0.4, -0.2) is 16.7 Å². The monoisotopic (exact) mass is 283 g/mol. The number of nitrogens with zero attached hydrogens (tertiary/aromatic N) is 2. The predicted octanol–water partition coefficient (Wildman–Crippen LogP) is 3.69. The first-order valence-corrected chi connectivity index (χ1v) is 7.45. The molecule has 0 spiro atoms. The summed E-state index contributed by atoms with van der Waals surface area (Å²) < 4.78 is 11.0. The van der Waals surface area contributed by atoms with Gasteiger partial charge in [-0.15, -0.1) is 0 Å². The summed E-state index contributed by atoms with van der Waals surface area (Å²) in [5.74, 6) is 1.28. The molecule has 3 aromatic rings. The van der Waals surface area contributed by atoms with Crippen LogP contribution < -0.4 is 5.32 Å². The van der Waals surface area contributed by atoms with Gasteiger partial charge in [-0.3, -0.25) is 0 Å². The average molecular weight is 283 g/mol. The molecule has 0 radical (unpaired) electrons. The highest BCUT2D eigenvalue weighted by atomic mass is 16.5. The first-order valence-electron chi connectivity index (χ1n) is 7.45. The Morgan fingerprint density at radius 2 is 2.10 bits per heavy atom. The summed E-state index contributed by atoms with van der Waals surface area (Å²) in [6, 6.07) is 8.06. The van der Waals surface area contributed by atoms with Crippen LogP contribution in [0.4, 0.5) is 0 Å². The summed E-state index contributed by atoms with van der Waals surface area (Å²) >= 11 is 0. The molecule has 1 aromatic carbocycles. The van der Waals surface area contributed by atoms with Crippen LogP contribution in [0.5, 0.6) is 0 Å². The number of hydrogen-bond acceptors (Lipinski definition) is 5. The predicted molar refractivity (Wildman–Crippen MR) is 78.7 cm³/mol. The van der Waals surface area contributed by atoms with Gasteiger partial charge in [-0.1, -0.05) is 36.2 Å². The Hall–Kier alpha value is -2.14. The number of aromatic nitrogens is 2. The molecule has 2 aromatic heterocycles. The molecule has 0 bridgehead atoms. The summed E-state index contributed by atoms with van der Waals surface area (Å²) in [7, 11) is 0. The molecule has 1 N–H and O–H groups in total. The Kier molecular flexibility index (Phi) is 3.20. The van der Waals surface area contributed by atoms with Gasteiger partial charge in [0.1, 0.15) is 11.8 Å². The van der Waals surface area contributed by atoms with E-state index in [0.717, 1.165) is 35.3 Å². The second-order valence-electron chi connectivity index (χ2n) is 5.46. The summed E-state index contributed by atoms with van der Waals surface area (Å²) in [5.41, 5.74) is 1.69. The maximum Gasteiger partial charge on any atom is 0.261 e. The number of rotatable bonds is 2. The zero-order chi connectivity index (χ0) is 14.1. The number of nitrogens with one attached hydrogen (secondary N) is 1. The van der Waals surface area contributed by atoms with Crippen molar-refractivity contribution in [1.29, 1.82) is 0 Å². The number of fused-ring (bicyclic) bond motifs is 1. The minimum Gasteiger partial charge on any atom is -0.463 e. The number of benzene rings is 1. The third-order valence-corrected chi connectivity index (χ3v) is 4.03. The molecule has 1 aliphatic heterocycles. The number of furan rings is 1. The molecule has 108 valence electrons. The van der Waals surface area contributed by atoms with Crippen molar-refractivity contribution in [3.63, 3.8) is 0 Å². The molecule has 21 heavy (non-hydrogen) atoms. The largest absolute Gasteiger partial charge is 0.463 e. The fraction of sp³-hybridized carbons (Fsp3) is 0.375. The first-order chi connectivity index (χ1) is 10.4. The lowest BCUT2D eigenvalue weighted by molar-refractivity contribution is 0.402. The molecule has 5 heteroatoms. The van der Waals surface area contributed by atoms with Gasteiger partial charge in [0.05, 0.1) is 11.6 Å². The van der Waals surface area contributed by atoms with Crippen LogP contribution in [0.2, 0.25) is 0 Å². The highest BCUT2D eigenvalue weighted by molar-refractivity contribution is 5.91. The van der Waals surface area contributed by atoms with Crippen LogP contribution >= 0.6 is 0 Å². The van der Waals surface area contributed by atoms with E-state index in [1.165, 1.54) is 19.3 Å². The lowest BCUT2D eigenvalue weighted by atomic mass is 10.1. The topological polar surface area (TPSA) is 64.1 Å². The fourth-order valence-electron chi connectivity index (χ4n) is 2.88. The van der Waals surface area contributed by atoms with E-state index in [9.17, 15) is 0 Å². The smallest absolute Gasteiger partial charge is 0.261 e. The van der Waals surface area contributed by atoms with Crippen molar-refractivity contribution in [2.24, 2.45) is 0 Å². The van der Waals surface area contributed by atoms with E-state index in [-0.39, 0.29) is 6.04 Å². The van der Waals surface area contributed by atoms with Crippen LogP contribution in [0.25, 0.3) is 22.4 Å². The molecule has 1 fully saturated rings. The minimum absolute atomic E-state index is 0.197. The van der Waals surface area contributed by atoms with Crippen molar-refractivity contribution in [2.75, 3.05) is 6.54 Å². The van der Waals surface area contributed by atoms with Crippen molar-refractivity contribution in [3.8, 4) is 11.5 Å². The number of para-hydroxylation sites is 1. The van der Waals surface area contributed by atoms with Gasteiger partial charge in [0.15, 0.2) is 5.82 Å². The van der Waals surface area contributed by atoms with E-state index < -0.39 is 0 Å². The molecule has 5 nitrogen and oxygen atoms in total. The Balaban J connectivity index is 1.67. The quantitative estimate of drug-likeness (QED) is 0.777. The summed E-state index contributed by atoms with van der Waals surface area (Å²) in [5, 5.41) is 8.64. The van der Waals surface area contributed by atoms with Gasteiger partial charge in [0.2, 0.25) is 0 Å². The maximum atomic E-state index is 5.53. The van der Waals surface area contributed by atoms with Gasteiger partial charge in [-0.2, -0.15) is 4.98 Å². The van der Waals surface area contributed by atoms with Crippen LogP contribution in [-0.2, 0) is 0 Å². The van der Waals surface area contributed by atoms with Gasteiger partial charge < -0.3 is 14.3 Å². The highest BCUT2D eigenvalue weighted by Crippen LogP contribution is 2.30. The van der Waals surface area contributed by atoms with E-state index >= 15 is 0 Å². The molecule has 0 saturated carbocycles. The van der Waals surface area contributed by atoms with Crippen LogP contribution in [0.1, 0.15) is 37.5 Å². The minimum atomic E-state index is 0.197.